The third-order valence-electron chi connectivity index (χ3n) is 2.89. The zero-order valence-electron chi connectivity index (χ0n) is 10.6. The maximum absolute atomic E-state index is 12.0. The molecule has 0 aliphatic carbocycles. The molecule has 0 unspecified atom stereocenters. The number of nitrogens with one attached hydrogen (secondary N) is 2. The molecule has 3 aromatic rings. The van der Waals surface area contributed by atoms with Crippen LogP contribution in [0.15, 0.2) is 28.4 Å². The predicted octanol–water partition coefficient (Wildman–Crippen LogP) is 2.44. The Morgan fingerprint density at radius 1 is 1.40 bits per heavy atom. The summed E-state index contributed by atoms with van der Waals surface area (Å²) in [6.45, 7) is 2.59. The van der Waals surface area contributed by atoms with E-state index in [-0.39, 0.29) is 5.56 Å². The largest absolute Gasteiger partial charge is 0.300 e. The van der Waals surface area contributed by atoms with Gasteiger partial charge in [0.1, 0.15) is 5.69 Å². The standard InChI is InChI=1S/C12H11N5OS2/c1-2-17-10(14-16-12(17)19)7-6-8(13-15-11(7)18)9-4-3-5-20-9/h3-6H,2H2,1H3,(H,15,18)(H,16,19). The van der Waals surface area contributed by atoms with E-state index in [4.69, 9.17) is 12.2 Å². The number of rotatable bonds is 3. The summed E-state index contributed by atoms with van der Waals surface area (Å²) in [5, 5.41) is 15.4. The van der Waals surface area contributed by atoms with Crippen LogP contribution in [0.25, 0.3) is 22.0 Å². The lowest BCUT2D eigenvalue weighted by Gasteiger charge is -2.03. The molecule has 3 heterocycles. The van der Waals surface area contributed by atoms with Crippen molar-refractivity contribution < 1.29 is 0 Å². The molecule has 0 saturated carbocycles. The fourth-order valence-electron chi connectivity index (χ4n) is 1.94. The van der Waals surface area contributed by atoms with Crippen LogP contribution in [0.1, 0.15) is 6.92 Å². The lowest BCUT2D eigenvalue weighted by atomic mass is 10.2. The summed E-state index contributed by atoms with van der Waals surface area (Å²) in [5.41, 5.74) is 0.887. The first-order valence-electron chi connectivity index (χ1n) is 6.00. The van der Waals surface area contributed by atoms with Crippen molar-refractivity contribution in [2.24, 2.45) is 0 Å². The molecule has 0 radical (unpaired) electrons. The second-order valence-electron chi connectivity index (χ2n) is 4.07. The fourth-order valence-corrected chi connectivity index (χ4v) is 2.89. The van der Waals surface area contributed by atoms with E-state index in [0.29, 0.717) is 28.4 Å². The van der Waals surface area contributed by atoms with E-state index in [1.165, 1.54) is 0 Å². The Morgan fingerprint density at radius 2 is 2.25 bits per heavy atom. The van der Waals surface area contributed by atoms with Gasteiger partial charge in [-0.05, 0) is 36.7 Å². The molecule has 0 aliphatic heterocycles. The molecule has 0 spiro atoms. The molecule has 20 heavy (non-hydrogen) atoms. The number of thiophene rings is 1. The van der Waals surface area contributed by atoms with Gasteiger partial charge in [0.15, 0.2) is 10.6 Å². The number of hydrogen-bond acceptors (Lipinski definition) is 5. The third kappa shape index (κ3) is 2.12. The topological polar surface area (TPSA) is 79.4 Å². The molecule has 0 fully saturated rings. The lowest BCUT2D eigenvalue weighted by Crippen LogP contribution is -2.14. The lowest BCUT2D eigenvalue weighted by molar-refractivity contribution is 0.754. The molecule has 0 atom stereocenters. The summed E-state index contributed by atoms with van der Waals surface area (Å²) in [6.07, 6.45) is 0. The molecule has 0 saturated heterocycles. The molecule has 102 valence electrons. The van der Waals surface area contributed by atoms with Crippen LogP contribution in [-0.2, 0) is 6.54 Å². The van der Waals surface area contributed by atoms with Gasteiger partial charge in [0.25, 0.3) is 5.56 Å². The number of hydrogen-bond donors (Lipinski definition) is 2. The number of H-pyrrole nitrogens is 2. The average Bonchev–Trinajstić information content (AvgIpc) is 3.09. The molecular formula is C12H11N5OS2. The van der Waals surface area contributed by atoms with Gasteiger partial charge in [0, 0.05) is 6.54 Å². The molecule has 0 bridgehead atoms. The zero-order valence-corrected chi connectivity index (χ0v) is 12.2. The molecular weight excluding hydrogens is 294 g/mol. The van der Waals surface area contributed by atoms with Crippen molar-refractivity contribution in [2.75, 3.05) is 0 Å². The van der Waals surface area contributed by atoms with Crippen molar-refractivity contribution in [3.05, 3.63) is 38.7 Å². The van der Waals surface area contributed by atoms with Crippen molar-refractivity contribution >= 4 is 23.6 Å². The SMILES string of the molecule is CCn1c(-c2cc(-c3cccs3)n[nH]c2=O)n[nH]c1=S. The summed E-state index contributed by atoms with van der Waals surface area (Å²) in [7, 11) is 0. The minimum absolute atomic E-state index is 0.283. The van der Waals surface area contributed by atoms with Gasteiger partial charge in [-0.1, -0.05) is 6.07 Å². The second kappa shape index (κ2) is 5.14. The van der Waals surface area contributed by atoms with E-state index in [2.05, 4.69) is 20.4 Å². The first-order chi connectivity index (χ1) is 9.70. The van der Waals surface area contributed by atoms with Crippen LogP contribution < -0.4 is 5.56 Å². The van der Waals surface area contributed by atoms with Crippen molar-refractivity contribution in [2.45, 2.75) is 13.5 Å². The zero-order chi connectivity index (χ0) is 14.1. The van der Waals surface area contributed by atoms with Crippen molar-refractivity contribution in [1.29, 1.82) is 0 Å². The summed E-state index contributed by atoms with van der Waals surface area (Å²) in [5.74, 6) is 0.527. The Kier molecular flexibility index (Phi) is 3.33. The van der Waals surface area contributed by atoms with Crippen molar-refractivity contribution in [3.8, 4) is 22.0 Å². The van der Waals surface area contributed by atoms with Crippen LogP contribution in [-0.4, -0.2) is 25.0 Å². The molecule has 0 aliphatic rings. The number of aromatic nitrogens is 5. The minimum Gasteiger partial charge on any atom is -0.300 e. The Labute approximate surface area is 123 Å². The van der Waals surface area contributed by atoms with Gasteiger partial charge < -0.3 is 4.57 Å². The van der Waals surface area contributed by atoms with Gasteiger partial charge >= 0.3 is 0 Å². The highest BCUT2D eigenvalue weighted by molar-refractivity contribution is 7.71. The smallest absolute Gasteiger partial charge is 0.275 e. The van der Waals surface area contributed by atoms with Gasteiger partial charge in [-0.15, -0.1) is 11.3 Å². The Morgan fingerprint density at radius 3 is 2.95 bits per heavy atom. The van der Waals surface area contributed by atoms with Crippen LogP contribution in [0.3, 0.4) is 0 Å². The van der Waals surface area contributed by atoms with Gasteiger partial charge in [-0.3, -0.25) is 9.89 Å². The fraction of sp³-hybridized carbons (Fsp3) is 0.167. The first kappa shape index (κ1) is 12.9. The third-order valence-corrected chi connectivity index (χ3v) is 4.10. The van der Waals surface area contributed by atoms with E-state index in [1.54, 1.807) is 22.0 Å². The quantitative estimate of drug-likeness (QED) is 0.728. The Balaban J connectivity index is 2.21. The van der Waals surface area contributed by atoms with Crippen LogP contribution in [0, 0.1) is 4.77 Å². The molecule has 8 heteroatoms. The molecule has 0 amide bonds. The van der Waals surface area contributed by atoms with E-state index >= 15 is 0 Å². The minimum atomic E-state index is -0.283. The monoisotopic (exact) mass is 305 g/mol. The van der Waals surface area contributed by atoms with Crippen LogP contribution in [0.4, 0.5) is 0 Å². The van der Waals surface area contributed by atoms with Gasteiger partial charge in [-0.2, -0.15) is 10.2 Å². The molecule has 2 N–H and O–H groups in total. The summed E-state index contributed by atoms with van der Waals surface area (Å²) >= 11 is 6.71. The average molecular weight is 305 g/mol. The summed E-state index contributed by atoms with van der Waals surface area (Å²) in [4.78, 5) is 13.0. The van der Waals surface area contributed by atoms with Crippen molar-refractivity contribution in [1.82, 2.24) is 25.0 Å². The van der Waals surface area contributed by atoms with E-state index in [1.807, 2.05) is 24.4 Å². The molecule has 6 nitrogen and oxygen atoms in total. The van der Waals surface area contributed by atoms with Crippen LogP contribution in [0.5, 0.6) is 0 Å². The predicted molar refractivity (Wildman–Crippen MR) is 80.3 cm³/mol. The second-order valence-corrected chi connectivity index (χ2v) is 5.40. The van der Waals surface area contributed by atoms with Crippen molar-refractivity contribution in [3.63, 3.8) is 0 Å². The maximum Gasteiger partial charge on any atom is 0.275 e. The highest BCUT2D eigenvalue weighted by Crippen LogP contribution is 2.24. The first-order valence-corrected chi connectivity index (χ1v) is 7.28. The summed E-state index contributed by atoms with van der Waals surface area (Å²) < 4.78 is 2.27. The van der Waals surface area contributed by atoms with Crippen LogP contribution in [0.2, 0.25) is 0 Å². The van der Waals surface area contributed by atoms with E-state index < -0.39 is 0 Å². The molecule has 3 aromatic heterocycles. The van der Waals surface area contributed by atoms with E-state index in [0.717, 1.165) is 4.88 Å². The highest BCUT2D eigenvalue weighted by atomic mass is 32.1. The van der Waals surface area contributed by atoms with Crippen LogP contribution >= 0.6 is 23.6 Å². The number of nitrogens with zero attached hydrogens (tertiary/aromatic N) is 3. The Bertz CT molecular complexity index is 843. The highest BCUT2D eigenvalue weighted by Gasteiger charge is 2.14. The maximum atomic E-state index is 12.0. The van der Waals surface area contributed by atoms with Gasteiger partial charge in [0.05, 0.1) is 10.4 Å². The van der Waals surface area contributed by atoms with Gasteiger partial charge in [-0.25, -0.2) is 5.10 Å². The molecule has 0 aromatic carbocycles. The summed E-state index contributed by atoms with van der Waals surface area (Å²) in [6, 6.07) is 5.63. The number of aromatic amines is 2. The Hall–Kier alpha value is -2.06. The van der Waals surface area contributed by atoms with Gasteiger partial charge in [0.2, 0.25) is 0 Å². The van der Waals surface area contributed by atoms with E-state index in [9.17, 15) is 4.79 Å². The normalized spacial score (nSPS) is 10.8. The molecule has 3 rings (SSSR count).